The van der Waals surface area contributed by atoms with Crippen LogP contribution in [0.2, 0.25) is 0 Å². The van der Waals surface area contributed by atoms with E-state index in [4.69, 9.17) is 19.6 Å². The van der Waals surface area contributed by atoms with Gasteiger partial charge >= 0.3 is 11.9 Å². The van der Waals surface area contributed by atoms with Gasteiger partial charge in [-0.15, -0.1) is 0 Å². The summed E-state index contributed by atoms with van der Waals surface area (Å²) in [5, 5.41) is 2.84. The van der Waals surface area contributed by atoms with Gasteiger partial charge in [-0.3, -0.25) is 0 Å². The topological polar surface area (TPSA) is 104 Å². The maximum atomic E-state index is 12.4. The zero-order chi connectivity index (χ0) is 17.0. The first kappa shape index (κ1) is 16.7. The third-order valence-electron chi connectivity index (χ3n) is 3.41. The molecule has 0 unspecified atom stereocenters. The first-order valence-electron chi connectivity index (χ1n) is 7.36. The molecule has 0 fully saturated rings. The summed E-state index contributed by atoms with van der Waals surface area (Å²) in [7, 11) is 0. The lowest BCUT2D eigenvalue weighted by atomic mass is 9.84. The average Bonchev–Trinajstić information content (AvgIpc) is 3.00. The van der Waals surface area contributed by atoms with E-state index < -0.39 is 17.9 Å². The molecule has 1 aromatic rings. The Morgan fingerprint density at radius 1 is 1.22 bits per heavy atom. The van der Waals surface area contributed by atoms with Gasteiger partial charge in [0.15, 0.2) is 0 Å². The second kappa shape index (κ2) is 7.04. The van der Waals surface area contributed by atoms with E-state index in [9.17, 15) is 9.59 Å². The van der Waals surface area contributed by atoms with Crippen molar-refractivity contribution < 1.29 is 23.5 Å². The van der Waals surface area contributed by atoms with E-state index in [1.54, 1.807) is 32.9 Å². The zero-order valence-corrected chi connectivity index (χ0v) is 13.3. The fourth-order valence-electron chi connectivity index (χ4n) is 2.51. The minimum absolute atomic E-state index is 0.135. The molecule has 1 aliphatic heterocycles. The van der Waals surface area contributed by atoms with Crippen molar-refractivity contribution in [2.24, 2.45) is 5.73 Å². The van der Waals surface area contributed by atoms with E-state index in [0.717, 1.165) is 0 Å². The van der Waals surface area contributed by atoms with Gasteiger partial charge in [0, 0.05) is 5.70 Å². The number of allylic oxidation sites excluding steroid dienone is 1. The summed E-state index contributed by atoms with van der Waals surface area (Å²) in [5.41, 5.74) is 6.89. The highest BCUT2D eigenvalue weighted by atomic mass is 16.5. The first-order valence-corrected chi connectivity index (χ1v) is 7.36. The molecule has 124 valence electrons. The number of nitrogens with one attached hydrogen (secondary N) is 1. The summed E-state index contributed by atoms with van der Waals surface area (Å²) in [5.74, 6) is -1.36. The second-order valence-corrected chi connectivity index (χ2v) is 4.88. The number of rotatable bonds is 5. The van der Waals surface area contributed by atoms with E-state index in [-0.39, 0.29) is 30.2 Å². The van der Waals surface area contributed by atoms with Gasteiger partial charge in [0.1, 0.15) is 11.6 Å². The Kier molecular flexibility index (Phi) is 5.10. The molecule has 0 aliphatic carbocycles. The zero-order valence-electron chi connectivity index (χ0n) is 13.3. The van der Waals surface area contributed by atoms with Gasteiger partial charge in [0.2, 0.25) is 0 Å². The average molecular weight is 320 g/mol. The fraction of sp³-hybridized carbons (Fsp3) is 0.375. The van der Waals surface area contributed by atoms with Crippen molar-refractivity contribution in [3.8, 4) is 0 Å². The number of carbonyl (C=O) groups is 2. The van der Waals surface area contributed by atoms with Gasteiger partial charge in [0.25, 0.3) is 0 Å². The number of furan rings is 1. The predicted molar refractivity (Wildman–Crippen MR) is 81.8 cm³/mol. The molecule has 0 saturated carbocycles. The van der Waals surface area contributed by atoms with E-state index >= 15 is 0 Å². The van der Waals surface area contributed by atoms with Crippen molar-refractivity contribution in [3.63, 3.8) is 0 Å². The molecular formula is C16H20N2O5. The lowest BCUT2D eigenvalue weighted by molar-refractivity contribution is -0.139. The predicted octanol–water partition coefficient (Wildman–Crippen LogP) is 1.54. The van der Waals surface area contributed by atoms with Crippen LogP contribution in [0.1, 0.15) is 32.4 Å². The first-order chi connectivity index (χ1) is 11.0. The molecular weight excluding hydrogens is 300 g/mol. The van der Waals surface area contributed by atoms with Gasteiger partial charge < -0.3 is 24.9 Å². The van der Waals surface area contributed by atoms with Crippen molar-refractivity contribution in [2.75, 3.05) is 13.2 Å². The van der Waals surface area contributed by atoms with Crippen LogP contribution in [0, 0.1) is 0 Å². The van der Waals surface area contributed by atoms with E-state index in [2.05, 4.69) is 5.32 Å². The number of hydrogen-bond acceptors (Lipinski definition) is 7. The molecule has 0 amide bonds. The number of carbonyl (C=O) groups excluding carboxylic acids is 2. The molecule has 0 aromatic carbocycles. The van der Waals surface area contributed by atoms with Crippen molar-refractivity contribution in [3.05, 3.63) is 46.8 Å². The Balaban J connectivity index is 2.55. The number of nitrogens with two attached hydrogens (primary N) is 1. The summed E-state index contributed by atoms with van der Waals surface area (Å²) in [6.45, 7) is 5.51. The molecule has 2 rings (SSSR count). The molecule has 2 heterocycles. The Morgan fingerprint density at radius 3 is 2.35 bits per heavy atom. The Labute approximate surface area is 134 Å². The summed E-state index contributed by atoms with van der Waals surface area (Å²) >= 11 is 0. The molecule has 0 bridgehead atoms. The SMILES string of the molecule is CCOC(=O)C1=C(C)NC(N)=C(C(=O)OCC)[C@H]1c1ccco1. The molecule has 23 heavy (non-hydrogen) atoms. The molecule has 0 radical (unpaired) electrons. The molecule has 1 atom stereocenters. The maximum absolute atomic E-state index is 12.4. The van der Waals surface area contributed by atoms with Gasteiger partial charge in [-0.05, 0) is 32.9 Å². The van der Waals surface area contributed by atoms with Crippen molar-refractivity contribution in [1.82, 2.24) is 5.32 Å². The summed E-state index contributed by atoms with van der Waals surface area (Å²) in [6, 6.07) is 3.35. The van der Waals surface area contributed by atoms with Crippen molar-refractivity contribution in [1.29, 1.82) is 0 Å². The molecule has 7 nitrogen and oxygen atoms in total. The highest BCUT2D eigenvalue weighted by Gasteiger charge is 2.40. The highest BCUT2D eigenvalue weighted by molar-refractivity contribution is 5.99. The number of esters is 2. The van der Waals surface area contributed by atoms with Gasteiger partial charge in [-0.2, -0.15) is 0 Å². The lowest BCUT2D eigenvalue weighted by Gasteiger charge is -2.28. The van der Waals surface area contributed by atoms with E-state index in [1.165, 1.54) is 6.26 Å². The van der Waals surface area contributed by atoms with Crippen LogP contribution < -0.4 is 11.1 Å². The summed E-state index contributed by atoms with van der Waals surface area (Å²) in [6.07, 6.45) is 1.47. The Bertz CT molecular complexity index is 618. The maximum Gasteiger partial charge on any atom is 0.338 e. The van der Waals surface area contributed by atoms with Crippen LogP contribution in [-0.2, 0) is 19.1 Å². The third-order valence-corrected chi connectivity index (χ3v) is 3.41. The molecule has 0 spiro atoms. The van der Waals surface area contributed by atoms with Crippen molar-refractivity contribution >= 4 is 11.9 Å². The molecule has 0 saturated heterocycles. The Morgan fingerprint density at radius 2 is 1.83 bits per heavy atom. The summed E-state index contributed by atoms with van der Waals surface area (Å²) in [4.78, 5) is 24.7. The molecule has 3 N–H and O–H groups in total. The van der Waals surface area contributed by atoms with Crippen LogP contribution >= 0.6 is 0 Å². The van der Waals surface area contributed by atoms with Gasteiger partial charge in [-0.25, -0.2) is 9.59 Å². The van der Waals surface area contributed by atoms with Crippen LogP contribution in [0.4, 0.5) is 0 Å². The third kappa shape index (κ3) is 3.23. The lowest BCUT2D eigenvalue weighted by Crippen LogP contribution is -2.36. The van der Waals surface area contributed by atoms with Crippen LogP contribution in [0.25, 0.3) is 0 Å². The quantitative estimate of drug-likeness (QED) is 0.793. The second-order valence-electron chi connectivity index (χ2n) is 4.88. The van der Waals surface area contributed by atoms with Crippen LogP contribution in [0.15, 0.2) is 45.5 Å². The van der Waals surface area contributed by atoms with Crippen LogP contribution in [0.5, 0.6) is 0 Å². The van der Waals surface area contributed by atoms with E-state index in [1.807, 2.05) is 0 Å². The smallest absolute Gasteiger partial charge is 0.338 e. The molecule has 7 heteroatoms. The minimum Gasteiger partial charge on any atom is -0.468 e. The molecule has 1 aromatic heterocycles. The highest BCUT2D eigenvalue weighted by Crippen LogP contribution is 2.38. The summed E-state index contributed by atoms with van der Waals surface area (Å²) < 4.78 is 15.6. The van der Waals surface area contributed by atoms with Gasteiger partial charge in [0.05, 0.1) is 36.5 Å². The monoisotopic (exact) mass is 320 g/mol. The van der Waals surface area contributed by atoms with Crippen molar-refractivity contribution in [2.45, 2.75) is 26.7 Å². The Hall–Kier alpha value is -2.70. The van der Waals surface area contributed by atoms with Gasteiger partial charge in [-0.1, -0.05) is 0 Å². The number of ether oxygens (including phenoxy) is 2. The number of hydrogen-bond donors (Lipinski definition) is 2. The van der Waals surface area contributed by atoms with Crippen LogP contribution in [-0.4, -0.2) is 25.2 Å². The standard InChI is InChI=1S/C16H20N2O5/c1-4-21-15(19)11-9(3)18-14(17)13(16(20)22-5-2)12(11)10-7-6-8-23-10/h6-8,12,18H,4-5,17H2,1-3H3/t12-/m0/s1. The number of dihydropyridines is 1. The normalized spacial score (nSPS) is 17.8. The molecule has 1 aliphatic rings. The fourth-order valence-corrected chi connectivity index (χ4v) is 2.51. The minimum atomic E-state index is -0.774. The van der Waals surface area contributed by atoms with Crippen LogP contribution in [0.3, 0.4) is 0 Å². The van der Waals surface area contributed by atoms with E-state index in [0.29, 0.717) is 11.5 Å². The largest absolute Gasteiger partial charge is 0.468 e.